The predicted molar refractivity (Wildman–Crippen MR) is 182 cm³/mol. The van der Waals surface area contributed by atoms with Crippen LogP contribution in [0.4, 0.5) is 0 Å². The minimum atomic E-state index is 0.739. The lowest BCUT2D eigenvalue weighted by molar-refractivity contribution is 1.24. The first kappa shape index (κ1) is 25.3. The van der Waals surface area contributed by atoms with Crippen molar-refractivity contribution >= 4 is 31.6 Å². The van der Waals surface area contributed by atoms with Crippen LogP contribution in [0.25, 0.3) is 76.3 Å². The van der Waals surface area contributed by atoms with Crippen molar-refractivity contribution < 1.29 is 0 Å². The summed E-state index contributed by atoms with van der Waals surface area (Å²) in [4.78, 5) is 10.3. The molecular formula is C40H26N2S. The Bertz CT molecular complexity index is 2230. The molecule has 0 amide bonds. The summed E-state index contributed by atoms with van der Waals surface area (Å²) in [5.74, 6) is 0.739. The van der Waals surface area contributed by atoms with Gasteiger partial charge in [-0.15, -0.1) is 11.3 Å². The van der Waals surface area contributed by atoms with E-state index in [0.717, 1.165) is 44.0 Å². The summed E-state index contributed by atoms with van der Waals surface area (Å²) in [6, 6.07) is 55.6. The highest BCUT2D eigenvalue weighted by Gasteiger charge is 2.16. The van der Waals surface area contributed by atoms with Gasteiger partial charge < -0.3 is 0 Å². The van der Waals surface area contributed by atoms with Crippen LogP contribution in [0.3, 0.4) is 0 Å². The molecule has 0 spiro atoms. The van der Waals surface area contributed by atoms with E-state index in [-0.39, 0.29) is 0 Å². The van der Waals surface area contributed by atoms with E-state index in [0.29, 0.717) is 0 Å². The first-order chi connectivity index (χ1) is 21.3. The third-order valence-corrected chi connectivity index (χ3v) is 9.05. The summed E-state index contributed by atoms with van der Waals surface area (Å²) in [7, 11) is 0. The van der Waals surface area contributed by atoms with Gasteiger partial charge in [-0.1, -0.05) is 133 Å². The largest absolute Gasteiger partial charge is 0.226 e. The fourth-order valence-corrected chi connectivity index (χ4v) is 6.89. The molecule has 3 heteroatoms. The normalized spacial score (nSPS) is 11.3. The Labute approximate surface area is 254 Å². The minimum Gasteiger partial charge on any atom is -0.226 e. The van der Waals surface area contributed by atoms with Gasteiger partial charge in [-0.3, -0.25) is 0 Å². The molecular weight excluding hydrogens is 541 g/mol. The minimum absolute atomic E-state index is 0.739. The summed E-state index contributed by atoms with van der Waals surface area (Å²) in [6.45, 7) is 0. The Morgan fingerprint density at radius 1 is 0.372 bits per heavy atom. The first-order valence-electron chi connectivity index (χ1n) is 14.4. The maximum absolute atomic E-state index is 5.17. The third kappa shape index (κ3) is 4.80. The Morgan fingerprint density at radius 3 is 1.47 bits per heavy atom. The van der Waals surface area contributed by atoms with E-state index in [9.17, 15) is 0 Å². The van der Waals surface area contributed by atoms with Gasteiger partial charge in [0.2, 0.25) is 0 Å². The van der Waals surface area contributed by atoms with Crippen molar-refractivity contribution in [2.45, 2.75) is 0 Å². The summed E-state index contributed by atoms with van der Waals surface area (Å²) in [6.07, 6.45) is 0. The second-order valence-corrected chi connectivity index (χ2v) is 11.7. The number of hydrogen-bond donors (Lipinski definition) is 0. The average molecular weight is 567 g/mol. The van der Waals surface area contributed by atoms with Crippen molar-refractivity contribution in [3.8, 4) is 56.0 Å². The molecule has 6 aromatic carbocycles. The van der Waals surface area contributed by atoms with Crippen LogP contribution in [0.2, 0.25) is 0 Å². The monoisotopic (exact) mass is 566 g/mol. The summed E-state index contributed by atoms with van der Waals surface area (Å²) in [5.41, 5.74) is 11.2. The molecule has 8 aromatic rings. The molecule has 0 N–H and O–H groups in total. The predicted octanol–water partition coefficient (Wildman–Crippen LogP) is 11.2. The number of aromatic nitrogens is 2. The van der Waals surface area contributed by atoms with Gasteiger partial charge in [0.25, 0.3) is 0 Å². The fourth-order valence-electron chi connectivity index (χ4n) is 5.74. The average Bonchev–Trinajstić information content (AvgIpc) is 3.47. The zero-order valence-electron chi connectivity index (χ0n) is 23.3. The van der Waals surface area contributed by atoms with E-state index in [4.69, 9.17) is 9.97 Å². The molecule has 0 fully saturated rings. The molecule has 2 heterocycles. The molecule has 8 rings (SSSR count). The van der Waals surface area contributed by atoms with Crippen LogP contribution in [-0.4, -0.2) is 9.97 Å². The zero-order valence-corrected chi connectivity index (χ0v) is 24.1. The highest BCUT2D eigenvalue weighted by molar-refractivity contribution is 7.26. The lowest BCUT2D eigenvalue weighted by Gasteiger charge is -2.10. The Morgan fingerprint density at radius 2 is 0.837 bits per heavy atom. The van der Waals surface area contributed by atoms with Crippen LogP contribution in [0.15, 0.2) is 158 Å². The van der Waals surface area contributed by atoms with Crippen molar-refractivity contribution in [3.63, 3.8) is 0 Å². The number of benzene rings is 6. The molecule has 0 radical (unpaired) electrons. The highest BCUT2D eigenvalue weighted by atomic mass is 32.1. The molecule has 0 atom stereocenters. The van der Waals surface area contributed by atoms with E-state index in [1.165, 1.54) is 32.3 Å². The quantitative estimate of drug-likeness (QED) is 0.207. The Balaban J connectivity index is 1.22. The number of thiophene rings is 1. The van der Waals surface area contributed by atoms with Crippen molar-refractivity contribution in [1.82, 2.24) is 9.97 Å². The van der Waals surface area contributed by atoms with Crippen LogP contribution in [0.5, 0.6) is 0 Å². The van der Waals surface area contributed by atoms with Gasteiger partial charge in [0.15, 0.2) is 5.82 Å². The second-order valence-electron chi connectivity index (χ2n) is 10.6. The van der Waals surface area contributed by atoms with Crippen LogP contribution in [0.1, 0.15) is 0 Å². The molecule has 2 nitrogen and oxygen atoms in total. The van der Waals surface area contributed by atoms with E-state index < -0.39 is 0 Å². The summed E-state index contributed by atoms with van der Waals surface area (Å²) < 4.78 is 2.35. The summed E-state index contributed by atoms with van der Waals surface area (Å²) >= 11 is 1.76. The maximum atomic E-state index is 5.17. The lowest BCUT2D eigenvalue weighted by Crippen LogP contribution is -1.94. The van der Waals surface area contributed by atoms with Crippen molar-refractivity contribution in [3.05, 3.63) is 158 Å². The van der Waals surface area contributed by atoms with Crippen LogP contribution in [0, 0.1) is 0 Å². The Kier molecular flexibility index (Phi) is 6.36. The van der Waals surface area contributed by atoms with Gasteiger partial charge in [-0.05, 0) is 57.6 Å². The van der Waals surface area contributed by atoms with E-state index in [2.05, 4.69) is 152 Å². The van der Waals surface area contributed by atoms with Gasteiger partial charge >= 0.3 is 0 Å². The number of hydrogen-bond acceptors (Lipinski definition) is 3. The van der Waals surface area contributed by atoms with Crippen LogP contribution in [-0.2, 0) is 0 Å². The molecule has 0 bridgehead atoms. The summed E-state index contributed by atoms with van der Waals surface area (Å²) in [5, 5.41) is 1.17. The zero-order chi connectivity index (χ0) is 28.6. The number of nitrogens with zero attached hydrogens (tertiary/aromatic N) is 2. The molecule has 0 aliphatic carbocycles. The van der Waals surface area contributed by atoms with E-state index in [1.807, 2.05) is 6.07 Å². The van der Waals surface area contributed by atoms with Crippen molar-refractivity contribution in [1.29, 1.82) is 0 Å². The molecule has 0 aliphatic rings. The van der Waals surface area contributed by atoms with Gasteiger partial charge in [0.1, 0.15) is 0 Å². The second kappa shape index (κ2) is 10.8. The molecule has 0 unspecified atom stereocenters. The number of fused-ring (bicyclic) bond motifs is 3. The van der Waals surface area contributed by atoms with Gasteiger partial charge in [0, 0.05) is 21.2 Å². The lowest BCUT2D eigenvalue weighted by atomic mass is 9.95. The third-order valence-electron chi connectivity index (χ3n) is 7.89. The van der Waals surface area contributed by atoms with E-state index >= 15 is 0 Å². The maximum Gasteiger partial charge on any atom is 0.160 e. The number of rotatable bonds is 5. The van der Waals surface area contributed by atoms with Crippen LogP contribution < -0.4 is 0 Å². The fraction of sp³-hybridized carbons (Fsp3) is 0. The van der Waals surface area contributed by atoms with Gasteiger partial charge in [0.05, 0.1) is 15.9 Å². The van der Waals surface area contributed by atoms with Gasteiger partial charge in [-0.2, -0.15) is 0 Å². The molecule has 43 heavy (non-hydrogen) atoms. The molecule has 0 saturated heterocycles. The first-order valence-corrected chi connectivity index (χ1v) is 15.2. The topological polar surface area (TPSA) is 25.8 Å². The van der Waals surface area contributed by atoms with E-state index in [1.54, 1.807) is 11.3 Å². The van der Waals surface area contributed by atoms with Crippen molar-refractivity contribution in [2.75, 3.05) is 0 Å². The van der Waals surface area contributed by atoms with Crippen molar-refractivity contribution in [2.24, 2.45) is 0 Å². The molecule has 202 valence electrons. The highest BCUT2D eigenvalue weighted by Crippen LogP contribution is 2.39. The van der Waals surface area contributed by atoms with Crippen LogP contribution >= 0.6 is 11.3 Å². The standard InChI is InChI=1S/C40H26N2S/c1-3-12-27(13-4-1)29-16-9-17-30(24-29)31-18-10-19-32(25-31)33-20-11-21-34(26-33)40-41-37(28-14-5-2-6-15-28)39-38(42-40)35-22-7-8-23-36(35)43-39/h1-26H. The smallest absolute Gasteiger partial charge is 0.160 e. The Hall–Kier alpha value is -5.38. The molecule has 2 aromatic heterocycles. The molecule has 0 aliphatic heterocycles. The van der Waals surface area contributed by atoms with Gasteiger partial charge in [-0.25, -0.2) is 9.97 Å². The SMILES string of the molecule is c1ccc(-c2cccc(-c3cccc(-c4cccc(-c5nc(-c6ccccc6)c6sc7ccccc7c6n5)c4)c3)c2)cc1. The molecule has 0 saturated carbocycles.